The number of fused-ring (bicyclic) bond motifs is 1. The lowest BCUT2D eigenvalue weighted by atomic mass is 10.1. The molecule has 0 aliphatic carbocycles. The first kappa shape index (κ1) is 15.2. The average molecular weight is 311 g/mol. The molecule has 0 aromatic heterocycles. The lowest BCUT2D eigenvalue weighted by molar-refractivity contribution is -0.117. The molecule has 23 heavy (non-hydrogen) atoms. The summed E-state index contributed by atoms with van der Waals surface area (Å²) in [5.41, 5.74) is 3.25. The van der Waals surface area contributed by atoms with Crippen molar-refractivity contribution in [2.75, 3.05) is 18.6 Å². The highest BCUT2D eigenvalue weighted by atomic mass is 16.5. The molecule has 118 valence electrons. The van der Waals surface area contributed by atoms with Gasteiger partial charge in [-0.1, -0.05) is 24.3 Å². The molecule has 0 atom stereocenters. The highest BCUT2D eigenvalue weighted by Gasteiger charge is 2.27. The summed E-state index contributed by atoms with van der Waals surface area (Å²) in [5, 5.41) is 8.86. The normalized spacial score (nSPS) is 13.1. The van der Waals surface area contributed by atoms with Gasteiger partial charge in [0.2, 0.25) is 5.91 Å². The lowest BCUT2D eigenvalue weighted by Gasteiger charge is -2.18. The molecule has 1 heterocycles. The zero-order valence-corrected chi connectivity index (χ0v) is 12.8. The van der Waals surface area contributed by atoms with Gasteiger partial charge in [0.1, 0.15) is 12.4 Å². The van der Waals surface area contributed by atoms with Gasteiger partial charge >= 0.3 is 0 Å². The van der Waals surface area contributed by atoms with Crippen LogP contribution in [0.25, 0.3) is 0 Å². The summed E-state index contributed by atoms with van der Waals surface area (Å²) >= 11 is 0. The number of aliphatic hydroxyl groups is 1. The molecule has 1 N–H and O–H groups in total. The number of benzene rings is 2. The smallest absolute Gasteiger partial charge is 0.231 e. The molecule has 3 rings (SSSR count). The Labute approximate surface area is 134 Å². The van der Waals surface area contributed by atoms with E-state index >= 15 is 0 Å². The van der Waals surface area contributed by atoms with Crippen LogP contribution in [0.15, 0.2) is 42.5 Å². The number of methoxy groups -OCH3 is 1. The zero-order chi connectivity index (χ0) is 16.4. The van der Waals surface area contributed by atoms with Crippen LogP contribution in [0.4, 0.5) is 5.69 Å². The van der Waals surface area contributed by atoms with E-state index in [-0.39, 0.29) is 11.7 Å². The molecule has 5 heteroatoms. The van der Waals surface area contributed by atoms with Crippen LogP contribution >= 0.6 is 0 Å². The Morgan fingerprint density at radius 2 is 1.96 bits per heavy atom. The van der Waals surface area contributed by atoms with Gasteiger partial charge in [-0.25, -0.2) is 0 Å². The van der Waals surface area contributed by atoms with E-state index in [1.165, 1.54) is 0 Å². The zero-order valence-electron chi connectivity index (χ0n) is 12.8. The summed E-state index contributed by atoms with van der Waals surface area (Å²) < 4.78 is 5.19. The minimum Gasteiger partial charge on any atom is -0.497 e. The van der Waals surface area contributed by atoms with Gasteiger partial charge in [0.25, 0.3) is 0 Å². The number of anilines is 1. The summed E-state index contributed by atoms with van der Waals surface area (Å²) in [7, 11) is 1.60. The molecule has 0 radical (unpaired) electrons. The van der Waals surface area contributed by atoms with E-state index < -0.39 is 6.61 Å². The lowest BCUT2D eigenvalue weighted by Crippen LogP contribution is -2.26. The summed E-state index contributed by atoms with van der Waals surface area (Å²) in [6.07, 6.45) is 0.369. The number of hydrogen-bond acceptors (Lipinski definition) is 4. The third-order valence-electron chi connectivity index (χ3n) is 3.98. The Balaban J connectivity index is 1.81. The fourth-order valence-electron chi connectivity index (χ4n) is 2.73. The third-order valence-corrected chi connectivity index (χ3v) is 3.98. The SMILES string of the molecule is COc1ccc2c(c1)CC(=O)N2Cc1ccc(C(=O)CO)cc1. The van der Waals surface area contributed by atoms with E-state index in [1.54, 1.807) is 36.3 Å². The van der Waals surface area contributed by atoms with Crippen LogP contribution in [0.3, 0.4) is 0 Å². The second-order valence-electron chi connectivity index (χ2n) is 5.43. The van der Waals surface area contributed by atoms with E-state index in [9.17, 15) is 9.59 Å². The number of Topliss-reactive ketones (excluding diaryl/α,β-unsaturated/α-hetero) is 1. The molecule has 1 aliphatic heterocycles. The monoisotopic (exact) mass is 311 g/mol. The molecule has 0 bridgehead atoms. The van der Waals surface area contributed by atoms with Crippen LogP contribution in [0, 0.1) is 0 Å². The maximum atomic E-state index is 12.3. The van der Waals surface area contributed by atoms with Crippen LogP contribution in [0.1, 0.15) is 21.5 Å². The molecule has 1 amide bonds. The Hall–Kier alpha value is -2.66. The number of carbonyl (C=O) groups is 2. The van der Waals surface area contributed by atoms with Gasteiger partial charge in [-0.2, -0.15) is 0 Å². The molecular formula is C18H17NO4. The second kappa shape index (κ2) is 6.22. The van der Waals surface area contributed by atoms with Gasteiger partial charge in [0, 0.05) is 11.3 Å². The molecule has 0 saturated carbocycles. The number of hydrogen-bond donors (Lipinski definition) is 1. The Bertz CT molecular complexity index is 752. The topological polar surface area (TPSA) is 66.8 Å². The number of rotatable bonds is 5. The van der Waals surface area contributed by atoms with Gasteiger partial charge in [0.05, 0.1) is 20.1 Å². The van der Waals surface area contributed by atoms with E-state index in [4.69, 9.17) is 9.84 Å². The molecule has 0 unspecified atom stereocenters. The quantitative estimate of drug-likeness (QED) is 0.857. The third kappa shape index (κ3) is 2.96. The van der Waals surface area contributed by atoms with Crippen molar-refractivity contribution in [3.63, 3.8) is 0 Å². The van der Waals surface area contributed by atoms with Crippen molar-refractivity contribution in [1.82, 2.24) is 0 Å². The van der Waals surface area contributed by atoms with E-state index in [0.717, 1.165) is 22.6 Å². The highest BCUT2D eigenvalue weighted by molar-refractivity contribution is 6.01. The van der Waals surface area contributed by atoms with Crippen molar-refractivity contribution in [3.05, 3.63) is 59.2 Å². The summed E-state index contributed by atoms with van der Waals surface area (Å²) in [4.78, 5) is 25.4. The van der Waals surface area contributed by atoms with E-state index in [2.05, 4.69) is 0 Å². The molecular weight excluding hydrogens is 294 g/mol. The van der Waals surface area contributed by atoms with Crippen molar-refractivity contribution in [2.45, 2.75) is 13.0 Å². The van der Waals surface area contributed by atoms with Gasteiger partial charge in [-0.3, -0.25) is 9.59 Å². The van der Waals surface area contributed by atoms with Gasteiger partial charge < -0.3 is 14.7 Å². The molecule has 0 saturated heterocycles. The first-order valence-electron chi connectivity index (χ1n) is 7.32. The van der Waals surface area contributed by atoms with Gasteiger partial charge in [-0.05, 0) is 29.3 Å². The van der Waals surface area contributed by atoms with E-state index in [0.29, 0.717) is 18.5 Å². The molecule has 2 aromatic rings. The highest BCUT2D eigenvalue weighted by Crippen LogP contribution is 2.33. The number of ether oxygens (including phenoxy) is 1. The first-order valence-corrected chi connectivity index (χ1v) is 7.32. The van der Waals surface area contributed by atoms with Crippen molar-refractivity contribution < 1.29 is 19.4 Å². The average Bonchev–Trinajstić information content (AvgIpc) is 2.89. The van der Waals surface area contributed by atoms with Crippen molar-refractivity contribution in [1.29, 1.82) is 0 Å². The Morgan fingerprint density at radius 3 is 2.61 bits per heavy atom. The molecule has 2 aromatic carbocycles. The number of aliphatic hydroxyl groups excluding tert-OH is 1. The minimum absolute atomic E-state index is 0.0452. The van der Waals surface area contributed by atoms with Crippen LogP contribution in [-0.2, 0) is 17.8 Å². The maximum absolute atomic E-state index is 12.3. The van der Waals surface area contributed by atoms with Gasteiger partial charge in [0.15, 0.2) is 5.78 Å². The fourth-order valence-corrected chi connectivity index (χ4v) is 2.73. The van der Waals surface area contributed by atoms with Crippen molar-refractivity contribution in [2.24, 2.45) is 0 Å². The van der Waals surface area contributed by atoms with Gasteiger partial charge in [-0.15, -0.1) is 0 Å². The van der Waals surface area contributed by atoms with Crippen LogP contribution in [0.2, 0.25) is 0 Å². The number of ketones is 1. The molecule has 0 spiro atoms. The largest absolute Gasteiger partial charge is 0.497 e. The minimum atomic E-state index is -0.501. The Morgan fingerprint density at radius 1 is 1.22 bits per heavy atom. The van der Waals surface area contributed by atoms with Crippen LogP contribution in [-0.4, -0.2) is 30.5 Å². The standard InChI is InChI=1S/C18H17NO4/c1-23-15-6-7-16-14(8-15)9-18(22)19(16)10-12-2-4-13(5-3-12)17(21)11-20/h2-8,20H,9-11H2,1H3. The summed E-state index contributed by atoms with van der Waals surface area (Å²) in [6, 6.07) is 12.6. The van der Waals surface area contributed by atoms with Crippen molar-refractivity contribution in [3.8, 4) is 5.75 Å². The summed E-state index contributed by atoms with van der Waals surface area (Å²) in [5.74, 6) is 0.472. The predicted octanol–water partition coefficient (Wildman–Crippen LogP) is 1.96. The molecule has 1 aliphatic rings. The second-order valence-corrected chi connectivity index (χ2v) is 5.43. The first-order chi connectivity index (χ1) is 11.1. The van der Waals surface area contributed by atoms with E-state index in [1.807, 2.05) is 18.2 Å². The number of amides is 1. The maximum Gasteiger partial charge on any atom is 0.231 e. The van der Waals surface area contributed by atoms with Crippen molar-refractivity contribution >= 4 is 17.4 Å². The number of carbonyl (C=O) groups excluding carboxylic acids is 2. The molecule has 0 fully saturated rings. The Kier molecular flexibility index (Phi) is 4.12. The number of nitrogens with zero attached hydrogens (tertiary/aromatic N) is 1. The predicted molar refractivity (Wildman–Crippen MR) is 85.7 cm³/mol. The summed E-state index contributed by atoms with van der Waals surface area (Å²) in [6.45, 7) is -0.0507. The van der Waals surface area contributed by atoms with Crippen LogP contribution < -0.4 is 9.64 Å². The molecule has 5 nitrogen and oxygen atoms in total. The fraction of sp³-hybridized carbons (Fsp3) is 0.222. The van der Waals surface area contributed by atoms with Crippen LogP contribution in [0.5, 0.6) is 5.75 Å².